The van der Waals surface area contributed by atoms with Gasteiger partial charge in [0, 0.05) is 56.5 Å². The fraction of sp³-hybridized carbons (Fsp3) is 0.632. The highest BCUT2D eigenvalue weighted by atomic mass is 35.5. The van der Waals surface area contributed by atoms with E-state index in [0.717, 1.165) is 42.1 Å². The van der Waals surface area contributed by atoms with Crippen LogP contribution in [0.25, 0.3) is 0 Å². The van der Waals surface area contributed by atoms with E-state index in [9.17, 15) is 31.1 Å². The van der Waals surface area contributed by atoms with Crippen molar-refractivity contribution >= 4 is 23.4 Å². The monoisotopic (exact) mass is 473 g/mol. The Balaban J connectivity index is 1.53. The van der Waals surface area contributed by atoms with Gasteiger partial charge in [0.1, 0.15) is 0 Å². The Morgan fingerprint density at radius 1 is 0.968 bits per heavy atom. The van der Waals surface area contributed by atoms with E-state index >= 15 is 0 Å². The number of benzene rings is 1. The highest BCUT2D eigenvalue weighted by Gasteiger charge is 2.60. The maximum Gasteiger partial charge on any atom is 0.434 e. The highest BCUT2D eigenvalue weighted by molar-refractivity contribution is 6.31. The lowest BCUT2D eigenvalue weighted by molar-refractivity contribution is -0.308. The van der Waals surface area contributed by atoms with Crippen LogP contribution in [0.4, 0.5) is 36.8 Å². The third-order valence-corrected chi connectivity index (χ3v) is 5.70. The van der Waals surface area contributed by atoms with E-state index < -0.39 is 24.5 Å². The summed E-state index contributed by atoms with van der Waals surface area (Å²) < 4.78 is 79.2. The van der Waals surface area contributed by atoms with Crippen molar-refractivity contribution in [3.05, 3.63) is 28.8 Å². The molecule has 0 aliphatic carbocycles. The van der Waals surface area contributed by atoms with Gasteiger partial charge in [-0.25, -0.2) is 4.79 Å². The molecular weight excluding hydrogens is 452 g/mol. The smallest absolute Gasteiger partial charge is 0.426 e. The molecule has 0 spiro atoms. The number of nitrogens with zero attached hydrogens (tertiary/aromatic N) is 3. The third-order valence-electron chi connectivity index (χ3n) is 5.35. The molecule has 2 saturated heterocycles. The average Bonchev–Trinajstić information content (AvgIpc) is 3.21. The van der Waals surface area contributed by atoms with E-state index in [4.69, 9.17) is 11.6 Å². The first-order valence-corrected chi connectivity index (χ1v) is 10.2. The minimum Gasteiger partial charge on any atom is -0.426 e. The average molecular weight is 474 g/mol. The van der Waals surface area contributed by atoms with E-state index in [0.29, 0.717) is 11.6 Å². The van der Waals surface area contributed by atoms with E-state index in [1.807, 2.05) is 23.1 Å². The SMILES string of the molecule is O=C(OC(C(F)(F)F)C(F)(F)F)N1CCN(Cc2ccc(N3CCCC3)cc2Cl)CC1. The van der Waals surface area contributed by atoms with E-state index in [-0.39, 0.29) is 26.2 Å². The van der Waals surface area contributed by atoms with Crippen LogP contribution in [-0.4, -0.2) is 73.6 Å². The highest BCUT2D eigenvalue weighted by Crippen LogP contribution is 2.36. The summed E-state index contributed by atoms with van der Waals surface area (Å²) in [6.45, 7) is 2.85. The lowest BCUT2D eigenvalue weighted by Crippen LogP contribution is -2.52. The van der Waals surface area contributed by atoms with Crippen LogP contribution in [-0.2, 0) is 11.3 Å². The van der Waals surface area contributed by atoms with Gasteiger partial charge in [-0.3, -0.25) is 4.90 Å². The Bertz CT molecular complexity index is 761. The van der Waals surface area contributed by atoms with Gasteiger partial charge in [0.2, 0.25) is 0 Å². The summed E-state index contributed by atoms with van der Waals surface area (Å²) in [5.41, 5.74) is 1.90. The molecule has 0 N–H and O–H groups in total. The summed E-state index contributed by atoms with van der Waals surface area (Å²) >= 11 is 6.40. The summed E-state index contributed by atoms with van der Waals surface area (Å²) in [4.78, 5) is 16.9. The molecule has 3 rings (SSSR count). The van der Waals surface area contributed by atoms with Gasteiger partial charge < -0.3 is 14.5 Å². The van der Waals surface area contributed by atoms with Gasteiger partial charge in [0.25, 0.3) is 6.10 Å². The number of amides is 1. The molecule has 2 fully saturated rings. The van der Waals surface area contributed by atoms with Gasteiger partial charge in [0.15, 0.2) is 0 Å². The molecule has 0 saturated carbocycles. The molecule has 0 aromatic heterocycles. The second kappa shape index (κ2) is 9.32. The molecular formula is C19H22ClF6N3O2. The lowest BCUT2D eigenvalue weighted by atomic mass is 10.1. The molecule has 0 unspecified atom stereocenters. The molecule has 2 aliphatic heterocycles. The van der Waals surface area contributed by atoms with Crippen LogP contribution in [0.5, 0.6) is 0 Å². The molecule has 5 nitrogen and oxygen atoms in total. The number of hydrogen-bond acceptors (Lipinski definition) is 4. The quantitative estimate of drug-likeness (QED) is 0.595. The van der Waals surface area contributed by atoms with Crippen molar-refractivity contribution in [2.24, 2.45) is 0 Å². The molecule has 12 heteroatoms. The van der Waals surface area contributed by atoms with Crippen LogP contribution >= 0.6 is 11.6 Å². The maximum atomic E-state index is 12.6. The van der Waals surface area contributed by atoms with Crippen molar-refractivity contribution in [3.8, 4) is 0 Å². The molecule has 0 bridgehead atoms. The van der Waals surface area contributed by atoms with Gasteiger partial charge in [-0.2, -0.15) is 26.3 Å². The number of anilines is 1. The van der Waals surface area contributed by atoms with Gasteiger partial charge in [-0.1, -0.05) is 17.7 Å². The van der Waals surface area contributed by atoms with Crippen molar-refractivity contribution in [1.29, 1.82) is 0 Å². The molecule has 174 valence electrons. The van der Waals surface area contributed by atoms with Crippen LogP contribution in [0.3, 0.4) is 0 Å². The summed E-state index contributed by atoms with van der Waals surface area (Å²) in [5.74, 6) is 0. The zero-order valence-corrected chi connectivity index (χ0v) is 17.2. The lowest BCUT2D eigenvalue weighted by Gasteiger charge is -2.35. The molecule has 1 aromatic carbocycles. The Hall–Kier alpha value is -1.88. The van der Waals surface area contributed by atoms with Crippen molar-refractivity contribution in [2.45, 2.75) is 37.8 Å². The molecule has 0 atom stereocenters. The summed E-state index contributed by atoms with van der Waals surface area (Å²) in [5, 5.41) is 0.587. The molecule has 2 aliphatic rings. The molecule has 31 heavy (non-hydrogen) atoms. The summed E-state index contributed by atoms with van der Waals surface area (Å²) in [6, 6.07) is 5.78. The summed E-state index contributed by atoms with van der Waals surface area (Å²) in [6.07, 6.45) is -15.0. The van der Waals surface area contributed by atoms with Crippen molar-refractivity contribution in [3.63, 3.8) is 0 Å². The molecule has 1 amide bonds. The number of hydrogen-bond donors (Lipinski definition) is 0. The maximum absolute atomic E-state index is 12.6. The number of carbonyl (C=O) groups excluding carboxylic acids is 1. The zero-order valence-electron chi connectivity index (χ0n) is 16.5. The second-order valence-electron chi connectivity index (χ2n) is 7.58. The number of halogens is 7. The number of rotatable bonds is 4. The first-order chi connectivity index (χ1) is 14.4. The van der Waals surface area contributed by atoms with Gasteiger partial charge in [0.05, 0.1) is 0 Å². The number of alkyl halides is 6. The van der Waals surface area contributed by atoms with Gasteiger partial charge in [-0.05, 0) is 30.5 Å². The molecule has 1 aromatic rings. The molecule has 2 heterocycles. The fourth-order valence-corrected chi connectivity index (χ4v) is 3.90. The van der Waals surface area contributed by atoms with Crippen LogP contribution in [0.2, 0.25) is 5.02 Å². The Morgan fingerprint density at radius 2 is 1.55 bits per heavy atom. The van der Waals surface area contributed by atoms with Crippen LogP contribution in [0, 0.1) is 0 Å². The van der Waals surface area contributed by atoms with Crippen molar-refractivity contribution < 1.29 is 35.9 Å². The largest absolute Gasteiger partial charge is 0.434 e. The molecule has 0 radical (unpaired) electrons. The first-order valence-electron chi connectivity index (χ1n) is 9.80. The van der Waals surface area contributed by atoms with Crippen LogP contribution < -0.4 is 4.90 Å². The van der Waals surface area contributed by atoms with Gasteiger partial charge in [-0.15, -0.1) is 0 Å². The van der Waals surface area contributed by atoms with E-state index in [2.05, 4.69) is 9.64 Å². The topological polar surface area (TPSA) is 36.0 Å². The number of ether oxygens (including phenoxy) is 1. The Kier molecular flexibility index (Phi) is 7.14. The fourth-order valence-electron chi connectivity index (χ4n) is 3.66. The predicted molar refractivity (Wildman–Crippen MR) is 102 cm³/mol. The van der Waals surface area contributed by atoms with Crippen LogP contribution in [0.15, 0.2) is 18.2 Å². The first kappa shape index (κ1) is 23.8. The Morgan fingerprint density at radius 3 is 2.06 bits per heavy atom. The second-order valence-corrected chi connectivity index (χ2v) is 7.99. The predicted octanol–water partition coefficient (Wildman–Crippen LogP) is 4.69. The minimum absolute atomic E-state index is 0.0508. The standard InChI is InChI=1S/C19H22ClF6N3O2/c20-15-11-14(28-5-1-2-6-28)4-3-13(15)12-27-7-9-29(10-8-27)17(30)31-16(18(21,22)23)19(24,25)26/h3-4,11,16H,1-2,5-10,12H2. The minimum atomic E-state index is -5.73. The summed E-state index contributed by atoms with van der Waals surface area (Å²) in [7, 11) is 0. The normalized spacial score (nSPS) is 18.7. The number of carbonyl (C=O) groups is 1. The van der Waals surface area contributed by atoms with Crippen LogP contribution in [0.1, 0.15) is 18.4 Å². The van der Waals surface area contributed by atoms with Gasteiger partial charge >= 0.3 is 18.4 Å². The van der Waals surface area contributed by atoms with E-state index in [1.54, 1.807) is 0 Å². The van der Waals surface area contributed by atoms with E-state index in [1.165, 1.54) is 0 Å². The zero-order chi connectivity index (χ0) is 22.8. The third kappa shape index (κ3) is 6.09. The number of piperazine rings is 1. The van der Waals surface area contributed by atoms with Crippen molar-refractivity contribution in [2.75, 3.05) is 44.2 Å². The van der Waals surface area contributed by atoms with Crippen molar-refractivity contribution in [1.82, 2.24) is 9.80 Å². The Labute approximate surface area is 180 Å².